The van der Waals surface area contributed by atoms with Crippen LogP contribution in [0.4, 0.5) is 5.69 Å². The number of sulfonamides is 1. The Morgan fingerprint density at radius 1 is 1.33 bits per heavy atom. The van der Waals surface area contributed by atoms with Gasteiger partial charge in [-0.3, -0.25) is 4.79 Å². The van der Waals surface area contributed by atoms with E-state index in [0.717, 1.165) is 18.2 Å². The van der Waals surface area contributed by atoms with E-state index < -0.39 is 28.4 Å². The van der Waals surface area contributed by atoms with E-state index in [-0.39, 0.29) is 16.1 Å². The Hall–Kier alpha value is -2.13. The van der Waals surface area contributed by atoms with Crippen LogP contribution in [0.5, 0.6) is 0 Å². The van der Waals surface area contributed by atoms with Crippen LogP contribution < -0.4 is 16.2 Å². The van der Waals surface area contributed by atoms with Crippen molar-refractivity contribution in [1.29, 1.82) is 0 Å². The Labute approximate surface area is 103 Å². The summed E-state index contributed by atoms with van der Waals surface area (Å²) in [5.74, 6) is -2.07. The monoisotopic (exact) mass is 273 g/mol. The number of carbonyl (C=O) groups is 2. The summed E-state index contributed by atoms with van der Waals surface area (Å²) in [6, 6.07) is 3.15. The third kappa shape index (κ3) is 3.18. The maximum absolute atomic E-state index is 11.7. The van der Waals surface area contributed by atoms with E-state index in [1.165, 1.54) is 0 Å². The highest BCUT2D eigenvalue weighted by Crippen LogP contribution is 2.19. The maximum Gasteiger partial charge on any atom is 0.335 e. The maximum atomic E-state index is 11.7. The highest BCUT2D eigenvalue weighted by atomic mass is 32.2. The van der Waals surface area contributed by atoms with Crippen LogP contribution in [-0.2, 0) is 14.8 Å². The normalized spacial score (nSPS) is 11.1. The number of amides is 1. The number of anilines is 1. The topological polar surface area (TPSA) is 153 Å². The predicted molar refractivity (Wildman–Crippen MR) is 62.2 cm³/mol. The van der Waals surface area contributed by atoms with Gasteiger partial charge in [0, 0.05) is 0 Å². The second kappa shape index (κ2) is 5.02. The number of nitrogens with two attached hydrogens (primary N) is 2. The molecule has 98 valence electrons. The van der Waals surface area contributed by atoms with Crippen LogP contribution in [0.15, 0.2) is 23.1 Å². The molecule has 1 aromatic rings. The van der Waals surface area contributed by atoms with Gasteiger partial charge < -0.3 is 16.6 Å². The highest BCUT2D eigenvalue weighted by molar-refractivity contribution is 7.89. The molecule has 8 nitrogen and oxygen atoms in total. The lowest BCUT2D eigenvalue weighted by Gasteiger charge is -2.08. The molecule has 0 aliphatic rings. The van der Waals surface area contributed by atoms with Crippen LogP contribution in [-0.4, -0.2) is 31.9 Å². The van der Waals surface area contributed by atoms with Gasteiger partial charge in [-0.15, -0.1) is 0 Å². The van der Waals surface area contributed by atoms with Crippen LogP contribution in [0.2, 0.25) is 0 Å². The van der Waals surface area contributed by atoms with E-state index in [4.69, 9.17) is 16.6 Å². The molecule has 0 aliphatic heterocycles. The molecule has 1 aromatic carbocycles. The lowest BCUT2D eigenvalue weighted by atomic mass is 10.2. The second-order valence-electron chi connectivity index (χ2n) is 3.35. The van der Waals surface area contributed by atoms with Gasteiger partial charge in [-0.2, -0.15) is 0 Å². The summed E-state index contributed by atoms with van der Waals surface area (Å²) in [6.07, 6.45) is 0. The van der Waals surface area contributed by atoms with E-state index >= 15 is 0 Å². The van der Waals surface area contributed by atoms with E-state index in [1.807, 2.05) is 4.72 Å². The van der Waals surface area contributed by atoms with E-state index in [9.17, 15) is 18.0 Å². The zero-order valence-corrected chi connectivity index (χ0v) is 9.90. The molecule has 0 spiro atoms. The van der Waals surface area contributed by atoms with Crippen molar-refractivity contribution in [1.82, 2.24) is 4.72 Å². The van der Waals surface area contributed by atoms with Gasteiger partial charge in [-0.25, -0.2) is 17.9 Å². The van der Waals surface area contributed by atoms with Crippen molar-refractivity contribution >= 4 is 27.6 Å². The van der Waals surface area contributed by atoms with Crippen LogP contribution in [0.3, 0.4) is 0 Å². The van der Waals surface area contributed by atoms with Crippen LogP contribution in [0, 0.1) is 0 Å². The van der Waals surface area contributed by atoms with Crippen molar-refractivity contribution in [3.63, 3.8) is 0 Å². The second-order valence-corrected chi connectivity index (χ2v) is 5.08. The van der Waals surface area contributed by atoms with Crippen LogP contribution in [0.25, 0.3) is 0 Å². The Kier molecular flexibility index (Phi) is 3.89. The first kappa shape index (κ1) is 13.9. The van der Waals surface area contributed by atoms with E-state index in [2.05, 4.69) is 0 Å². The summed E-state index contributed by atoms with van der Waals surface area (Å²) in [6.45, 7) is -0.567. The Balaban J connectivity index is 3.10. The molecule has 9 heteroatoms. The quantitative estimate of drug-likeness (QED) is 0.491. The molecule has 0 radical (unpaired) electrons. The molecule has 18 heavy (non-hydrogen) atoms. The number of nitrogens with one attached hydrogen (secondary N) is 1. The average molecular weight is 273 g/mol. The number of benzene rings is 1. The third-order valence-corrected chi connectivity index (χ3v) is 3.46. The number of aromatic carboxylic acids is 1. The fraction of sp³-hybridized carbons (Fsp3) is 0.111. The predicted octanol–water partition coefficient (Wildman–Crippen LogP) is -1.27. The minimum absolute atomic E-state index is 0.138. The molecule has 0 bridgehead atoms. The number of hydrogen-bond acceptors (Lipinski definition) is 5. The minimum atomic E-state index is -4.00. The number of rotatable bonds is 5. The average Bonchev–Trinajstić information content (AvgIpc) is 2.26. The zero-order valence-electron chi connectivity index (χ0n) is 9.08. The van der Waals surface area contributed by atoms with Gasteiger partial charge >= 0.3 is 5.97 Å². The molecule has 0 heterocycles. The standard InChI is InChI=1S/C9H11N3O5S/c10-6-3-5(9(14)15)1-2-7(6)18(16,17)12-4-8(11)13/h1-3,12H,4,10H2,(H2,11,13)(H,14,15). The summed E-state index contributed by atoms with van der Waals surface area (Å²) in [5, 5.41) is 8.70. The van der Waals surface area contributed by atoms with Gasteiger partial charge in [0.05, 0.1) is 17.8 Å². The zero-order chi connectivity index (χ0) is 13.9. The fourth-order valence-corrected chi connectivity index (χ4v) is 2.27. The number of carbonyl (C=O) groups excluding carboxylic acids is 1. The largest absolute Gasteiger partial charge is 0.478 e. The lowest BCUT2D eigenvalue weighted by molar-refractivity contribution is -0.116. The molecular formula is C9H11N3O5S. The summed E-state index contributed by atoms with van der Waals surface area (Å²) in [7, 11) is -4.00. The van der Waals surface area contributed by atoms with E-state index in [0.29, 0.717) is 0 Å². The molecule has 0 saturated carbocycles. The number of carboxylic acids is 1. The highest BCUT2D eigenvalue weighted by Gasteiger charge is 2.19. The molecule has 6 N–H and O–H groups in total. The van der Waals surface area contributed by atoms with Gasteiger partial charge in [0.2, 0.25) is 15.9 Å². The fourth-order valence-electron chi connectivity index (χ4n) is 1.17. The first-order valence-corrected chi connectivity index (χ1v) is 6.13. The molecule has 1 amide bonds. The summed E-state index contributed by atoms with van der Waals surface area (Å²) in [5.41, 5.74) is 9.89. The van der Waals surface area contributed by atoms with Crippen molar-refractivity contribution in [3.8, 4) is 0 Å². The Morgan fingerprint density at radius 3 is 2.39 bits per heavy atom. The number of hydrogen-bond donors (Lipinski definition) is 4. The summed E-state index contributed by atoms with van der Waals surface area (Å²) in [4.78, 5) is 20.8. The molecular weight excluding hydrogens is 262 g/mol. The Bertz CT molecular complexity index is 596. The SMILES string of the molecule is NC(=O)CNS(=O)(=O)c1ccc(C(=O)O)cc1N. The van der Waals surface area contributed by atoms with Crippen molar-refractivity contribution in [2.75, 3.05) is 12.3 Å². The van der Waals surface area contributed by atoms with Crippen molar-refractivity contribution in [2.24, 2.45) is 5.73 Å². The smallest absolute Gasteiger partial charge is 0.335 e. The van der Waals surface area contributed by atoms with Gasteiger partial charge in [-0.05, 0) is 18.2 Å². The number of nitrogen functional groups attached to an aromatic ring is 1. The van der Waals surface area contributed by atoms with Gasteiger partial charge in [0.1, 0.15) is 4.90 Å². The van der Waals surface area contributed by atoms with Gasteiger partial charge in [-0.1, -0.05) is 0 Å². The molecule has 0 aliphatic carbocycles. The molecule has 0 atom stereocenters. The van der Waals surface area contributed by atoms with Crippen molar-refractivity contribution < 1.29 is 23.1 Å². The Morgan fingerprint density at radius 2 is 1.94 bits per heavy atom. The molecule has 0 saturated heterocycles. The van der Waals surface area contributed by atoms with Gasteiger partial charge in [0.25, 0.3) is 0 Å². The summed E-state index contributed by atoms with van der Waals surface area (Å²) >= 11 is 0. The molecule has 1 rings (SSSR count). The van der Waals surface area contributed by atoms with Crippen molar-refractivity contribution in [2.45, 2.75) is 4.90 Å². The third-order valence-electron chi connectivity index (χ3n) is 1.98. The molecule has 0 fully saturated rings. The lowest BCUT2D eigenvalue weighted by Crippen LogP contribution is -2.33. The van der Waals surface area contributed by atoms with Crippen LogP contribution in [0.1, 0.15) is 10.4 Å². The first-order chi connectivity index (χ1) is 8.24. The summed E-state index contributed by atoms with van der Waals surface area (Å²) < 4.78 is 25.3. The van der Waals surface area contributed by atoms with E-state index in [1.54, 1.807) is 0 Å². The minimum Gasteiger partial charge on any atom is -0.478 e. The first-order valence-electron chi connectivity index (χ1n) is 4.65. The number of carboxylic acid groups (broad SMARTS) is 1. The van der Waals surface area contributed by atoms with Crippen LogP contribution >= 0.6 is 0 Å². The molecule has 0 aromatic heterocycles. The number of primary amides is 1. The molecule has 0 unspecified atom stereocenters. The van der Waals surface area contributed by atoms with Crippen molar-refractivity contribution in [3.05, 3.63) is 23.8 Å². The van der Waals surface area contributed by atoms with Gasteiger partial charge in [0.15, 0.2) is 0 Å².